The van der Waals surface area contributed by atoms with Gasteiger partial charge in [-0.25, -0.2) is 18.0 Å². The van der Waals surface area contributed by atoms with Crippen LogP contribution in [0.3, 0.4) is 0 Å². The van der Waals surface area contributed by atoms with E-state index in [9.17, 15) is 9.18 Å². The van der Waals surface area contributed by atoms with Crippen molar-refractivity contribution in [3.8, 4) is 16.9 Å². The van der Waals surface area contributed by atoms with Crippen molar-refractivity contribution in [2.75, 3.05) is 0 Å². The van der Waals surface area contributed by atoms with E-state index in [1.165, 1.54) is 24.6 Å². The quantitative estimate of drug-likeness (QED) is 0.150. The van der Waals surface area contributed by atoms with Gasteiger partial charge in [0, 0.05) is 11.6 Å². The van der Waals surface area contributed by atoms with Gasteiger partial charge in [-0.05, 0) is 85.3 Å². The van der Waals surface area contributed by atoms with Gasteiger partial charge in [-0.3, -0.25) is 0 Å². The molecule has 3 aromatic rings. The number of hydrogen-bond donors (Lipinski definition) is 0. The summed E-state index contributed by atoms with van der Waals surface area (Å²) >= 11 is 0. The molecule has 1 aliphatic rings. The fourth-order valence-electron chi connectivity index (χ4n) is 5.58. The molecule has 0 aliphatic heterocycles. The number of benzene rings is 3. The molecule has 0 heterocycles. The Morgan fingerprint density at radius 2 is 1.58 bits per heavy atom. The first-order valence-corrected chi connectivity index (χ1v) is 14.0. The van der Waals surface area contributed by atoms with E-state index >= 15 is 8.78 Å². The molecular weight excluding hydrogens is 485 g/mol. The van der Waals surface area contributed by atoms with Crippen molar-refractivity contribution in [2.24, 2.45) is 5.92 Å². The lowest BCUT2D eigenvalue weighted by Gasteiger charge is -2.29. The number of aryl methyl sites for hydroxylation is 1. The Morgan fingerprint density at radius 3 is 2.24 bits per heavy atom. The van der Waals surface area contributed by atoms with Crippen molar-refractivity contribution in [1.82, 2.24) is 0 Å². The standard InChI is InChI=1S/C33H37F3O2/c1-3-5-6-8-25-17-18-27(21-30(25)34)38-33(37)26-15-13-24(14-16-26)29-20-19-28(31(35)32(29)36)23-11-9-22(7-4-2)10-12-23/h13-23H,3-12H2,1-2H3. The zero-order valence-corrected chi connectivity index (χ0v) is 22.4. The Balaban J connectivity index is 1.41. The molecule has 1 fully saturated rings. The number of carbonyl (C=O) groups excluding carboxylic acids is 1. The molecule has 0 bridgehead atoms. The summed E-state index contributed by atoms with van der Waals surface area (Å²) in [4.78, 5) is 12.6. The van der Waals surface area contributed by atoms with E-state index in [2.05, 4.69) is 13.8 Å². The Kier molecular flexibility index (Phi) is 9.65. The molecule has 0 radical (unpaired) electrons. The second kappa shape index (κ2) is 13.1. The highest BCUT2D eigenvalue weighted by Gasteiger charge is 2.26. The van der Waals surface area contributed by atoms with Gasteiger partial charge < -0.3 is 4.74 Å². The fraction of sp³-hybridized carbons (Fsp3) is 0.424. The van der Waals surface area contributed by atoms with Crippen molar-refractivity contribution >= 4 is 5.97 Å². The molecule has 0 unspecified atom stereocenters. The molecule has 0 saturated heterocycles. The summed E-state index contributed by atoms with van der Waals surface area (Å²) in [5.74, 6) is -1.79. The summed E-state index contributed by atoms with van der Waals surface area (Å²) < 4.78 is 49.9. The maximum absolute atomic E-state index is 15.1. The first-order valence-electron chi connectivity index (χ1n) is 14.0. The molecule has 0 aromatic heterocycles. The van der Waals surface area contributed by atoms with Gasteiger partial charge in [0.1, 0.15) is 11.6 Å². The van der Waals surface area contributed by atoms with Gasteiger partial charge in [0.05, 0.1) is 5.56 Å². The number of ether oxygens (including phenoxy) is 1. The van der Waals surface area contributed by atoms with Gasteiger partial charge in [-0.15, -0.1) is 0 Å². The lowest BCUT2D eigenvalue weighted by Crippen LogP contribution is -2.15. The summed E-state index contributed by atoms with van der Waals surface area (Å²) in [7, 11) is 0. The number of carbonyl (C=O) groups is 1. The van der Waals surface area contributed by atoms with Crippen LogP contribution in [0.15, 0.2) is 54.6 Å². The summed E-state index contributed by atoms with van der Waals surface area (Å²) in [6.45, 7) is 4.28. The second-order valence-electron chi connectivity index (χ2n) is 10.5. The minimum absolute atomic E-state index is 0.0547. The maximum atomic E-state index is 15.1. The topological polar surface area (TPSA) is 26.3 Å². The number of hydrogen-bond acceptors (Lipinski definition) is 2. The molecule has 1 aliphatic carbocycles. The smallest absolute Gasteiger partial charge is 0.343 e. The van der Waals surface area contributed by atoms with Crippen LogP contribution in [0, 0.1) is 23.4 Å². The predicted molar refractivity (Wildman–Crippen MR) is 146 cm³/mol. The monoisotopic (exact) mass is 522 g/mol. The average Bonchev–Trinajstić information content (AvgIpc) is 2.92. The highest BCUT2D eigenvalue weighted by atomic mass is 19.2. The number of halogens is 3. The van der Waals surface area contributed by atoms with Crippen molar-refractivity contribution in [2.45, 2.75) is 84.0 Å². The minimum Gasteiger partial charge on any atom is -0.423 e. The number of unbranched alkanes of at least 4 members (excludes halogenated alkanes) is 2. The van der Waals surface area contributed by atoms with Gasteiger partial charge in [0.2, 0.25) is 0 Å². The van der Waals surface area contributed by atoms with E-state index in [0.29, 0.717) is 29.0 Å². The molecule has 5 heteroatoms. The molecule has 2 nitrogen and oxygen atoms in total. The lowest BCUT2D eigenvalue weighted by atomic mass is 9.77. The zero-order chi connectivity index (χ0) is 27.1. The average molecular weight is 523 g/mol. The summed E-state index contributed by atoms with van der Waals surface area (Å²) in [6, 6.07) is 14.0. The van der Waals surface area contributed by atoms with E-state index in [1.807, 2.05) is 0 Å². The highest BCUT2D eigenvalue weighted by Crippen LogP contribution is 2.40. The van der Waals surface area contributed by atoms with Crippen LogP contribution in [0.1, 0.15) is 99.0 Å². The zero-order valence-electron chi connectivity index (χ0n) is 22.4. The normalized spacial score (nSPS) is 17.4. The third kappa shape index (κ3) is 6.67. The van der Waals surface area contributed by atoms with Crippen LogP contribution in [-0.2, 0) is 6.42 Å². The lowest BCUT2D eigenvalue weighted by molar-refractivity contribution is 0.0734. The van der Waals surface area contributed by atoms with Gasteiger partial charge in [0.25, 0.3) is 0 Å². The van der Waals surface area contributed by atoms with Gasteiger partial charge in [-0.2, -0.15) is 0 Å². The molecule has 0 spiro atoms. The van der Waals surface area contributed by atoms with Crippen LogP contribution in [-0.4, -0.2) is 5.97 Å². The van der Waals surface area contributed by atoms with Crippen molar-refractivity contribution in [3.63, 3.8) is 0 Å². The summed E-state index contributed by atoms with van der Waals surface area (Å²) in [6.07, 6.45) is 9.92. The Morgan fingerprint density at radius 1 is 0.842 bits per heavy atom. The van der Waals surface area contributed by atoms with Crippen LogP contribution in [0.5, 0.6) is 5.75 Å². The van der Waals surface area contributed by atoms with Crippen molar-refractivity contribution in [3.05, 3.63) is 88.7 Å². The SMILES string of the molecule is CCCCCc1ccc(OC(=O)c2ccc(-c3ccc(C4CCC(CCC)CC4)c(F)c3F)cc2)cc1F. The molecule has 4 rings (SSSR count). The van der Waals surface area contributed by atoms with Crippen LogP contribution < -0.4 is 4.74 Å². The molecule has 0 N–H and O–H groups in total. The van der Waals surface area contributed by atoms with Crippen molar-refractivity contribution in [1.29, 1.82) is 0 Å². The molecule has 38 heavy (non-hydrogen) atoms. The molecule has 0 atom stereocenters. The van der Waals surface area contributed by atoms with Crippen LogP contribution in [0.4, 0.5) is 13.2 Å². The highest BCUT2D eigenvalue weighted by molar-refractivity contribution is 5.91. The van der Waals surface area contributed by atoms with Gasteiger partial charge in [-0.1, -0.05) is 69.9 Å². The van der Waals surface area contributed by atoms with E-state index in [1.54, 1.807) is 36.4 Å². The Hall–Kier alpha value is -3.08. The van der Waals surface area contributed by atoms with Gasteiger partial charge in [0.15, 0.2) is 11.6 Å². The van der Waals surface area contributed by atoms with Crippen molar-refractivity contribution < 1.29 is 22.7 Å². The maximum Gasteiger partial charge on any atom is 0.343 e. The number of esters is 1. The van der Waals surface area contributed by atoms with Crippen LogP contribution in [0.25, 0.3) is 11.1 Å². The fourth-order valence-corrected chi connectivity index (χ4v) is 5.58. The largest absolute Gasteiger partial charge is 0.423 e. The third-order valence-electron chi connectivity index (χ3n) is 7.81. The predicted octanol–water partition coefficient (Wildman–Crippen LogP) is 9.80. The van der Waals surface area contributed by atoms with E-state index in [-0.39, 0.29) is 22.8 Å². The molecule has 202 valence electrons. The van der Waals surface area contributed by atoms with E-state index < -0.39 is 23.4 Å². The molecule has 1 saturated carbocycles. The Labute approximate surface area is 224 Å². The first-order chi connectivity index (χ1) is 18.4. The molecular formula is C33H37F3O2. The van der Waals surface area contributed by atoms with Crippen LogP contribution in [0.2, 0.25) is 0 Å². The molecule has 3 aromatic carbocycles. The second-order valence-corrected chi connectivity index (χ2v) is 10.5. The number of rotatable bonds is 10. The van der Waals surface area contributed by atoms with E-state index in [0.717, 1.165) is 51.4 Å². The summed E-state index contributed by atoms with van der Waals surface area (Å²) in [5, 5.41) is 0. The van der Waals surface area contributed by atoms with Gasteiger partial charge >= 0.3 is 5.97 Å². The van der Waals surface area contributed by atoms with E-state index in [4.69, 9.17) is 4.74 Å². The first kappa shape index (κ1) is 27.9. The Bertz CT molecular complexity index is 1230. The minimum atomic E-state index is -0.858. The molecule has 0 amide bonds. The third-order valence-corrected chi connectivity index (χ3v) is 7.81. The summed E-state index contributed by atoms with van der Waals surface area (Å²) in [5.41, 5.74) is 1.93. The van der Waals surface area contributed by atoms with Crippen LogP contribution >= 0.6 is 0 Å².